The number of aliphatic hydroxyl groups is 1. The van der Waals surface area contributed by atoms with Crippen molar-refractivity contribution in [3.05, 3.63) is 11.6 Å². The molecule has 4 aliphatic carbocycles. The van der Waals surface area contributed by atoms with Crippen molar-refractivity contribution in [1.82, 2.24) is 0 Å². The lowest BCUT2D eigenvalue weighted by atomic mass is 9.46. The lowest BCUT2D eigenvalue weighted by Crippen LogP contribution is -2.58. The van der Waals surface area contributed by atoms with Crippen LogP contribution >= 0.6 is 0 Å². The number of ketones is 1. The fraction of sp³-hybridized carbons (Fsp3) is 0.840. The smallest absolute Gasteiger partial charge is 0.303 e. The first-order valence-corrected chi connectivity index (χ1v) is 12.0. The Labute approximate surface area is 184 Å². The summed E-state index contributed by atoms with van der Waals surface area (Å²) in [4.78, 5) is 24.2. The van der Waals surface area contributed by atoms with Crippen LogP contribution in [0.4, 0.5) is 0 Å². The van der Waals surface area contributed by atoms with Crippen LogP contribution in [0.3, 0.4) is 0 Å². The molecule has 6 nitrogen and oxygen atoms in total. The minimum atomic E-state index is -1.40. The minimum absolute atomic E-state index is 0.146. The van der Waals surface area contributed by atoms with Gasteiger partial charge in [-0.05, 0) is 61.7 Å². The van der Waals surface area contributed by atoms with Crippen molar-refractivity contribution in [2.45, 2.75) is 83.5 Å². The van der Waals surface area contributed by atoms with E-state index in [0.717, 1.165) is 44.9 Å². The monoisotopic (exact) mass is 432 g/mol. The number of rotatable bonds is 3. The van der Waals surface area contributed by atoms with E-state index >= 15 is 0 Å². The van der Waals surface area contributed by atoms with E-state index in [1.165, 1.54) is 12.5 Å². The summed E-state index contributed by atoms with van der Waals surface area (Å²) in [7, 11) is 0. The summed E-state index contributed by atoms with van der Waals surface area (Å²) in [6.07, 6.45) is 9.49. The van der Waals surface area contributed by atoms with Gasteiger partial charge in [0.25, 0.3) is 0 Å². The van der Waals surface area contributed by atoms with Crippen LogP contribution in [0.25, 0.3) is 0 Å². The number of hydrogen-bond acceptors (Lipinski definition) is 6. The highest BCUT2D eigenvalue weighted by Crippen LogP contribution is 2.68. The van der Waals surface area contributed by atoms with E-state index in [1.807, 2.05) is 0 Å². The maximum absolute atomic E-state index is 13.0. The van der Waals surface area contributed by atoms with E-state index in [1.54, 1.807) is 0 Å². The molecule has 4 fully saturated rings. The molecular weight excluding hydrogens is 396 g/mol. The van der Waals surface area contributed by atoms with Gasteiger partial charge in [-0.2, -0.15) is 0 Å². The van der Waals surface area contributed by atoms with Gasteiger partial charge >= 0.3 is 5.97 Å². The number of ether oxygens (including phenoxy) is 3. The predicted octanol–water partition coefficient (Wildman–Crippen LogP) is 3.56. The van der Waals surface area contributed by atoms with Crippen LogP contribution in [-0.4, -0.2) is 48.1 Å². The van der Waals surface area contributed by atoms with E-state index in [-0.39, 0.29) is 17.8 Å². The highest BCUT2D eigenvalue weighted by Gasteiger charge is 2.66. The van der Waals surface area contributed by atoms with Crippen molar-refractivity contribution in [1.29, 1.82) is 0 Å². The molecule has 0 unspecified atom stereocenters. The molecular formula is C25H36O6. The van der Waals surface area contributed by atoms with Crippen LogP contribution in [0.1, 0.15) is 72.1 Å². The fourth-order valence-electron chi connectivity index (χ4n) is 8.11. The minimum Gasteiger partial charge on any atom is -0.458 e. The maximum Gasteiger partial charge on any atom is 0.303 e. The number of allylic oxidation sites excluding steroid dienone is 1. The lowest BCUT2D eigenvalue weighted by Gasteiger charge is -2.59. The summed E-state index contributed by atoms with van der Waals surface area (Å²) in [6, 6.07) is 0. The average molecular weight is 433 g/mol. The summed E-state index contributed by atoms with van der Waals surface area (Å²) in [5.41, 5.74) is -0.219. The topological polar surface area (TPSA) is 82.1 Å². The van der Waals surface area contributed by atoms with Gasteiger partial charge in [0, 0.05) is 25.2 Å². The van der Waals surface area contributed by atoms with E-state index in [2.05, 4.69) is 19.9 Å². The highest BCUT2D eigenvalue weighted by molar-refractivity contribution is 5.90. The number of carbonyl (C=O) groups excluding carboxylic acids is 2. The molecule has 0 radical (unpaired) electrons. The van der Waals surface area contributed by atoms with E-state index in [9.17, 15) is 14.7 Å². The quantitative estimate of drug-likeness (QED) is 0.542. The summed E-state index contributed by atoms with van der Waals surface area (Å²) in [6.45, 7) is 6.88. The Morgan fingerprint density at radius 3 is 2.52 bits per heavy atom. The molecule has 0 amide bonds. The first-order chi connectivity index (χ1) is 14.6. The van der Waals surface area contributed by atoms with Gasteiger partial charge in [-0.25, -0.2) is 0 Å². The van der Waals surface area contributed by atoms with Crippen LogP contribution in [0, 0.1) is 28.6 Å². The molecule has 1 aliphatic heterocycles. The predicted molar refractivity (Wildman–Crippen MR) is 113 cm³/mol. The standard InChI is InChI=1S/C25H36O6/c1-16(26)29-15-21(27)25(28)9-7-20-18-5-4-17-14-24(30-12-13-31-24)11-10-22(17,2)19(18)6-8-23(20,25)3/h4,18-20,28H,5-15H2,1-3H3/t18-,19+,20+,22+,23+,25+/m1/s1. The normalized spacial score (nSPS) is 45.4. The summed E-state index contributed by atoms with van der Waals surface area (Å²) in [5.74, 6) is 0.126. The molecule has 1 spiro atoms. The highest BCUT2D eigenvalue weighted by atomic mass is 16.7. The van der Waals surface area contributed by atoms with Crippen molar-refractivity contribution >= 4 is 11.8 Å². The van der Waals surface area contributed by atoms with Crippen molar-refractivity contribution in [3.63, 3.8) is 0 Å². The first kappa shape index (κ1) is 21.6. The summed E-state index contributed by atoms with van der Waals surface area (Å²) >= 11 is 0. The molecule has 0 bridgehead atoms. The van der Waals surface area contributed by atoms with Gasteiger partial charge in [0.1, 0.15) is 5.60 Å². The zero-order chi connectivity index (χ0) is 22.1. The number of carbonyl (C=O) groups is 2. The third-order valence-electron chi connectivity index (χ3n) is 9.94. The molecule has 0 aromatic heterocycles. The van der Waals surface area contributed by atoms with Gasteiger partial charge in [0.15, 0.2) is 12.4 Å². The van der Waals surface area contributed by atoms with Gasteiger partial charge in [-0.1, -0.05) is 25.5 Å². The Bertz CT molecular complexity index is 813. The fourth-order valence-corrected chi connectivity index (χ4v) is 8.11. The molecule has 5 rings (SSSR count). The second-order valence-electron chi connectivity index (χ2n) is 11.1. The van der Waals surface area contributed by atoms with E-state index in [0.29, 0.717) is 37.4 Å². The van der Waals surface area contributed by atoms with E-state index in [4.69, 9.17) is 14.2 Å². The molecule has 5 aliphatic rings. The third-order valence-corrected chi connectivity index (χ3v) is 9.94. The average Bonchev–Trinajstić information content (AvgIpc) is 3.30. The Morgan fingerprint density at radius 1 is 1.10 bits per heavy atom. The van der Waals surface area contributed by atoms with Crippen molar-refractivity contribution in [2.24, 2.45) is 28.6 Å². The van der Waals surface area contributed by atoms with Crippen molar-refractivity contribution < 1.29 is 28.9 Å². The van der Waals surface area contributed by atoms with Crippen LogP contribution < -0.4 is 0 Å². The van der Waals surface area contributed by atoms with E-state index < -0.39 is 22.8 Å². The molecule has 0 aromatic rings. The molecule has 1 N–H and O–H groups in total. The number of Topliss-reactive ketones (excluding diaryl/α,β-unsaturated/α-hetero) is 1. The lowest BCUT2D eigenvalue weighted by molar-refractivity contribution is -0.189. The Kier molecular flexibility index (Phi) is 4.97. The number of hydrogen-bond donors (Lipinski definition) is 1. The zero-order valence-electron chi connectivity index (χ0n) is 19.1. The third kappa shape index (κ3) is 3.01. The Balaban J connectivity index is 1.39. The number of esters is 1. The molecule has 0 aromatic carbocycles. The molecule has 6 heteroatoms. The summed E-state index contributed by atoms with van der Waals surface area (Å²) < 4.78 is 17.0. The van der Waals surface area contributed by atoms with Gasteiger partial charge in [0.2, 0.25) is 5.78 Å². The first-order valence-electron chi connectivity index (χ1n) is 12.0. The Morgan fingerprint density at radius 2 is 1.81 bits per heavy atom. The van der Waals surface area contributed by atoms with Gasteiger partial charge in [-0.15, -0.1) is 0 Å². The molecule has 1 heterocycles. The van der Waals surface area contributed by atoms with Gasteiger partial charge < -0.3 is 19.3 Å². The molecule has 1 saturated heterocycles. The van der Waals surface area contributed by atoms with Crippen LogP contribution in [0.2, 0.25) is 0 Å². The second kappa shape index (κ2) is 7.13. The second-order valence-corrected chi connectivity index (χ2v) is 11.1. The van der Waals surface area contributed by atoms with Crippen LogP contribution in [0.15, 0.2) is 11.6 Å². The molecule has 31 heavy (non-hydrogen) atoms. The van der Waals surface area contributed by atoms with Crippen molar-refractivity contribution in [2.75, 3.05) is 19.8 Å². The SMILES string of the molecule is CC(=O)OCC(=O)[C@@]1(O)CC[C@H]2[C@@H]3CC=C4CC5(CC[C@]4(C)[C@H]3CC[C@@]21C)OCCO5. The maximum atomic E-state index is 13.0. The molecule has 172 valence electrons. The van der Waals surface area contributed by atoms with Crippen LogP contribution in [0.5, 0.6) is 0 Å². The van der Waals surface area contributed by atoms with Gasteiger partial charge in [0.05, 0.1) is 13.2 Å². The Hall–Kier alpha value is -1.24. The summed E-state index contributed by atoms with van der Waals surface area (Å²) in [5, 5.41) is 11.6. The largest absolute Gasteiger partial charge is 0.458 e. The van der Waals surface area contributed by atoms with Crippen molar-refractivity contribution in [3.8, 4) is 0 Å². The molecule has 3 saturated carbocycles. The van der Waals surface area contributed by atoms with Gasteiger partial charge in [-0.3, -0.25) is 9.59 Å². The molecule has 6 atom stereocenters. The number of fused-ring (bicyclic) bond motifs is 5. The van der Waals surface area contributed by atoms with Crippen LogP contribution in [-0.2, 0) is 23.8 Å². The zero-order valence-corrected chi connectivity index (χ0v) is 19.1.